The van der Waals surface area contributed by atoms with Crippen molar-refractivity contribution in [2.45, 2.75) is 44.0 Å². The first-order valence-electron chi connectivity index (χ1n) is 6.35. The molecule has 1 heterocycles. The molecule has 2 rings (SSSR count). The Morgan fingerprint density at radius 3 is 2.78 bits per heavy atom. The normalized spacial score (nSPS) is 21.3. The van der Waals surface area contributed by atoms with E-state index in [4.69, 9.17) is 5.73 Å². The summed E-state index contributed by atoms with van der Waals surface area (Å²) in [5.74, 6) is 0. The molecule has 0 bridgehead atoms. The largest absolute Gasteiger partial charge is 0.398 e. The van der Waals surface area contributed by atoms with Crippen LogP contribution in [0.3, 0.4) is 0 Å². The van der Waals surface area contributed by atoms with Gasteiger partial charge in [0, 0.05) is 12.6 Å². The van der Waals surface area contributed by atoms with Crippen LogP contribution in [0.5, 0.6) is 0 Å². The Labute approximate surface area is 109 Å². The predicted octanol–water partition coefficient (Wildman–Crippen LogP) is 2.14. The van der Waals surface area contributed by atoms with Crippen molar-refractivity contribution in [3.63, 3.8) is 0 Å². The maximum atomic E-state index is 12.7. The summed E-state index contributed by atoms with van der Waals surface area (Å²) >= 11 is 0. The summed E-state index contributed by atoms with van der Waals surface area (Å²) in [6.45, 7) is 4.43. The van der Waals surface area contributed by atoms with Crippen molar-refractivity contribution in [3.05, 3.63) is 23.8 Å². The maximum Gasteiger partial charge on any atom is 0.245 e. The van der Waals surface area contributed by atoms with Gasteiger partial charge in [-0.2, -0.15) is 4.31 Å². The lowest BCUT2D eigenvalue weighted by Crippen LogP contribution is -2.35. The number of rotatable bonds is 3. The molecule has 1 aliphatic heterocycles. The van der Waals surface area contributed by atoms with Crippen LogP contribution >= 0.6 is 0 Å². The minimum Gasteiger partial charge on any atom is -0.398 e. The van der Waals surface area contributed by atoms with E-state index in [0.29, 0.717) is 12.2 Å². The van der Waals surface area contributed by atoms with Crippen molar-refractivity contribution in [1.82, 2.24) is 4.31 Å². The Morgan fingerprint density at radius 1 is 1.44 bits per heavy atom. The van der Waals surface area contributed by atoms with Crippen LogP contribution < -0.4 is 5.73 Å². The molecule has 4 nitrogen and oxygen atoms in total. The quantitative estimate of drug-likeness (QED) is 0.854. The fraction of sp³-hybridized carbons (Fsp3) is 0.538. The number of hydrogen-bond acceptors (Lipinski definition) is 3. The molecule has 1 aromatic rings. The monoisotopic (exact) mass is 268 g/mol. The van der Waals surface area contributed by atoms with Gasteiger partial charge in [0.05, 0.1) is 5.69 Å². The molecule has 0 radical (unpaired) electrons. The minimum absolute atomic E-state index is 0.119. The summed E-state index contributed by atoms with van der Waals surface area (Å²) < 4.78 is 27.0. The molecule has 0 amide bonds. The zero-order valence-electron chi connectivity index (χ0n) is 10.9. The maximum absolute atomic E-state index is 12.7. The third-order valence-electron chi connectivity index (χ3n) is 3.60. The highest BCUT2D eigenvalue weighted by atomic mass is 32.2. The first-order valence-corrected chi connectivity index (χ1v) is 7.79. The van der Waals surface area contributed by atoms with Gasteiger partial charge in [-0.25, -0.2) is 8.42 Å². The lowest BCUT2D eigenvalue weighted by molar-refractivity contribution is 0.379. The molecule has 18 heavy (non-hydrogen) atoms. The molecular weight excluding hydrogens is 248 g/mol. The summed E-state index contributed by atoms with van der Waals surface area (Å²) in [7, 11) is -3.45. The third kappa shape index (κ3) is 2.12. The number of nitrogens with two attached hydrogens (primary N) is 1. The van der Waals surface area contributed by atoms with E-state index in [1.165, 1.54) is 0 Å². The number of benzene rings is 1. The standard InChI is InChI=1S/C13H20N2O2S/c1-3-11-7-5-9-15(11)18(16,17)13-10(2)6-4-8-12(13)14/h4,6,8,11H,3,5,7,9,14H2,1-2H3. The molecule has 0 aromatic heterocycles. The molecule has 1 unspecified atom stereocenters. The lowest BCUT2D eigenvalue weighted by atomic mass is 10.2. The highest BCUT2D eigenvalue weighted by Gasteiger charge is 2.35. The Kier molecular flexibility index (Phi) is 3.64. The molecule has 1 atom stereocenters. The van der Waals surface area contributed by atoms with Crippen LogP contribution in [0.1, 0.15) is 31.7 Å². The molecule has 1 aromatic carbocycles. The number of sulfonamides is 1. The van der Waals surface area contributed by atoms with Gasteiger partial charge in [0.1, 0.15) is 4.90 Å². The van der Waals surface area contributed by atoms with Crippen LogP contribution in [-0.4, -0.2) is 25.3 Å². The minimum atomic E-state index is -3.45. The van der Waals surface area contributed by atoms with E-state index < -0.39 is 10.0 Å². The first kappa shape index (κ1) is 13.4. The molecule has 1 saturated heterocycles. The second-order valence-electron chi connectivity index (χ2n) is 4.81. The Hall–Kier alpha value is -1.07. The van der Waals surface area contributed by atoms with Gasteiger partial charge in [0.15, 0.2) is 0 Å². The van der Waals surface area contributed by atoms with Crippen molar-refractivity contribution in [3.8, 4) is 0 Å². The van der Waals surface area contributed by atoms with Crippen LogP contribution in [0.15, 0.2) is 23.1 Å². The zero-order valence-corrected chi connectivity index (χ0v) is 11.7. The summed E-state index contributed by atoms with van der Waals surface area (Å²) in [5, 5.41) is 0. The van der Waals surface area contributed by atoms with Crippen LogP contribution in [0, 0.1) is 6.92 Å². The van der Waals surface area contributed by atoms with Crippen molar-refractivity contribution < 1.29 is 8.42 Å². The first-order chi connectivity index (χ1) is 8.48. The third-order valence-corrected chi connectivity index (χ3v) is 5.78. The molecule has 100 valence electrons. The molecule has 0 saturated carbocycles. The van der Waals surface area contributed by atoms with Gasteiger partial charge in [0.25, 0.3) is 0 Å². The van der Waals surface area contributed by atoms with E-state index in [2.05, 4.69) is 0 Å². The highest BCUT2D eigenvalue weighted by molar-refractivity contribution is 7.89. The van der Waals surface area contributed by atoms with Crippen molar-refractivity contribution in [1.29, 1.82) is 0 Å². The van der Waals surface area contributed by atoms with Crippen LogP contribution in [-0.2, 0) is 10.0 Å². The zero-order chi connectivity index (χ0) is 13.3. The number of anilines is 1. The second-order valence-corrected chi connectivity index (χ2v) is 6.64. The smallest absolute Gasteiger partial charge is 0.245 e. The molecule has 1 fully saturated rings. The Morgan fingerprint density at radius 2 is 2.17 bits per heavy atom. The van der Waals surface area contributed by atoms with Gasteiger partial charge in [-0.15, -0.1) is 0 Å². The highest BCUT2D eigenvalue weighted by Crippen LogP contribution is 2.31. The summed E-state index contributed by atoms with van der Waals surface area (Å²) in [5.41, 5.74) is 6.92. The molecule has 0 aliphatic carbocycles. The topological polar surface area (TPSA) is 63.4 Å². The molecule has 0 spiro atoms. The van der Waals surface area contributed by atoms with Gasteiger partial charge in [-0.3, -0.25) is 0 Å². The van der Waals surface area contributed by atoms with Crippen LogP contribution in [0.2, 0.25) is 0 Å². The van der Waals surface area contributed by atoms with Gasteiger partial charge in [-0.05, 0) is 37.8 Å². The summed E-state index contributed by atoms with van der Waals surface area (Å²) in [6.07, 6.45) is 2.73. The molecule has 5 heteroatoms. The molecular formula is C13H20N2O2S. The number of nitrogen functional groups attached to an aromatic ring is 1. The number of aryl methyl sites for hydroxylation is 1. The van der Waals surface area contributed by atoms with Crippen LogP contribution in [0.4, 0.5) is 5.69 Å². The molecule has 1 aliphatic rings. The van der Waals surface area contributed by atoms with E-state index in [1.54, 1.807) is 29.4 Å². The average molecular weight is 268 g/mol. The van der Waals surface area contributed by atoms with E-state index in [0.717, 1.165) is 24.8 Å². The fourth-order valence-corrected chi connectivity index (χ4v) is 4.77. The van der Waals surface area contributed by atoms with Crippen molar-refractivity contribution in [2.75, 3.05) is 12.3 Å². The van der Waals surface area contributed by atoms with E-state index in [-0.39, 0.29) is 10.9 Å². The van der Waals surface area contributed by atoms with Gasteiger partial charge >= 0.3 is 0 Å². The van der Waals surface area contributed by atoms with Gasteiger partial charge in [0.2, 0.25) is 10.0 Å². The Bertz CT molecular complexity index is 520. The van der Waals surface area contributed by atoms with Gasteiger partial charge in [-0.1, -0.05) is 19.1 Å². The average Bonchev–Trinajstić information content (AvgIpc) is 2.77. The van der Waals surface area contributed by atoms with Crippen molar-refractivity contribution >= 4 is 15.7 Å². The SMILES string of the molecule is CCC1CCCN1S(=O)(=O)c1c(C)cccc1N. The number of nitrogens with zero attached hydrogens (tertiary/aromatic N) is 1. The van der Waals surface area contributed by atoms with Crippen LogP contribution in [0.25, 0.3) is 0 Å². The second kappa shape index (κ2) is 4.90. The lowest BCUT2D eigenvalue weighted by Gasteiger charge is -2.24. The fourth-order valence-electron chi connectivity index (χ4n) is 2.68. The van der Waals surface area contributed by atoms with Gasteiger partial charge < -0.3 is 5.73 Å². The summed E-state index contributed by atoms with van der Waals surface area (Å²) in [6, 6.07) is 5.34. The predicted molar refractivity (Wildman–Crippen MR) is 72.8 cm³/mol. The Balaban J connectivity index is 2.49. The molecule has 2 N–H and O–H groups in total. The van der Waals surface area contributed by atoms with E-state index >= 15 is 0 Å². The van der Waals surface area contributed by atoms with E-state index in [9.17, 15) is 8.42 Å². The van der Waals surface area contributed by atoms with Crippen molar-refractivity contribution in [2.24, 2.45) is 0 Å². The number of hydrogen-bond donors (Lipinski definition) is 1. The van der Waals surface area contributed by atoms with E-state index in [1.807, 2.05) is 6.92 Å². The summed E-state index contributed by atoms with van der Waals surface area (Å²) in [4.78, 5) is 0.283.